The van der Waals surface area contributed by atoms with E-state index < -0.39 is 10.4 Å². The van der Waals surface area contributed by atoms with Crippen LogP contribution in [-0.4, -0.2) is 8.42 Å². The number of halogens is 2. The summed E-state index contributed by atoms with van der Waals surface area (Å²) in [5, 5.41) is 0. The molecule has 0 aliphatic heterocycles. The van der Waals surface area contributed by atoms with Crippen molar-refractivity contribution in [2.24, 2.45) is 0 Å². The molecule has 0 saturated carbocycles. The third-order valence-corrected chi connectivity index (χ3v) is 0.276. The molecule has 0 bridgehead atoms. The van der Waals surface area contributed by atoms with Crippen molar-refractivity contribution in [1.82, 2.24) is 4.94 Å². The topological polar surface area (TPSA) is 46.2 Å². The van der Waals surface area contributed by atoms with Gasteiger partial charge in [-0.2, -0.15) is 8.42 Å². The van der Waals surface area contributed by atoms with Gasteiger partial charge in [-0.15, -0.1) is 4.48 Å². The normalized spacial score (nSPS) is 8.75. The molecule has 0 fully saturated rings. The minimum atomic E-state index is -5.08. The van der Waals surface area contributed by atoms with Gasteiger partial charge >= 0.3 is 80.7 Å². The summed E-state index contributed by atoms with van der Waals surface area (Å²) in [7, 11) is -5.08. The molecule has 0 spiro atoms. The van der Waals surface area contributed by atoms with Gasteiger partial charge < -0.3 is 2.85 Å². The van der Waals surface area contributed by atoms with Crippen molar-refractivity contribution >= 4 is 10.4 Å². The second kappa shape index (κ2) is 7.11. The van der Waals surface area contributed by atoms with E-state index in [2.05, 4.69) is 0 Å². The molecular formula is H3F2KLiNO2S. The van der Waals surface area contributed by atoms with E-state index in [0.29, 0.717) is 0 Å². The van der Waals surface area contributed by atoms with Crippen LogP contribution in [0.3, 0.4) is 0 Å². The summed E-state index contributed by atoms with van der Waals surface area (Å²) in [4.78, 5) is -0.0903. The van der Waals surface area contributed by atoms with Gasteiger partial charge in [-0.25, -0.2) is 0 Å². The quantitative estimate of drug-likeness (QED) is 0.239. The third kappa shape index (κ3) is 15.7. The Hall–Kier alpha value is 2.00. The van der Waals surface area contributed by atoms with E-state index in [-0.39, 0.29) is 78.0 Å². The molecule has 0 aromatic rings. The first-order valence-electron chi connectivity index (χ1n) is 0.881. The van der Waals surface area contributed by atoms with Crippen molar-refractivity contribution in [3.05, 3.63) is 0 Å². The van der Waals surface area contributed by atoms with Crippen LogP contribution in [0.15, 0.2) is 0 Å². The first kappa shape index (κ1) is 16.5. The van der Waals surface area contributed by atoms with Crippen LogP contribution in [0.4, 0.5) is 8.37 Å². The molecule has 8 heteroatoms. The van der Waals surface area contributed by atoms with Crippen LogP contribution in [0.25, 0.3) is 0 Å². The Balaban J connectivity index is -0.0000000208. The van der Waals surface area contributed by atoms with Gasteiger partial charge in [0.25, 0.3) is 0 Å². The zero-order valence-corrected chi connectivity index (χ0v) is 8.42. The van der Waals surface area contributed by atoms with Gasteiger partial charge in [0, 0.05) is 0 Å². The molecule has 0 aliphatic rings. The first-order valence-corrected chi connectivity index (χ1v) is 2.26. The second-order valence-electron chi connectivity index (χ2n) is 0.515. The third-order valence-electron chi connectivity index (χ3n) is 0.0922. The second-order valence-corrected chi connectivity index (χ2v) is 1.54. The fourth-order valence-corrected chi connectivity index (χ4v) is 0. The van der Waals surface area contributed by atoms with Gasteiger partial charge in [0.2, 0.25) is 0 Å². The Morgan fingerprint density at radius 1 is 1.50 bits per heavy atom. The van der Waals surface area contributed by atoms with E-state index in [1.807, 2.05) is 0 Å². The molecule has 3 nitrogen and oxygen atoms in total. The van der Waals surface area contributed by atoms with E-state index >= 15 is 0 Å². The molecule has 42 valence electrons. The standard InChI is InChI=1S/F2HNO2S.K.Li.2H/c1-3-6(2,4)5;;;;/h3H;;;;/q;2*+1;2*-1. The summed E-state index contributed by atoms with van der Waals surface area (Å²) < 4.78 is 38.6. The minimum Gasteiger partial charge on any atom is -1.00 e. The zero-order valence-electron chi connectivity index (χ0n) is 6.48. The summed E-state index contributed by atoms with van der Waals surface area (Å²) in [5.74, 6) is 0. The van der Waals surface area contributed by atoms with E-state index in [4.69, 9.17) is 8.42 Å². The SMILES string of the molecule is O=S(=O)(F)NF.[H-].[H-].[K+].[Li+]. The summed E-state index contributed by atoms with van der Waals surface area (Å²) in [6, 6.07) is 0. The van der Waals surface area contributed by atoms with Crippen LogP contribution in [0, 0.1) is 0 Å². The molecule has 0 rings (SSSR count). The first-order chi connectivity index (χ1) is 2.56. The van der Waals surface area contributed by atoms with Crippen molar-refractivity contribution in [3.63, 3.8) is 0 Å². The maximum Gasteiger partial charge on any atom is 1.00 e. The zero-order chi connectivity index (χ0) is 5.21. The monoisotopic (exact) mass is 165 g/mol. The van der Waals surface area contributed by atoms with E-state index in [0.717, 1.165) is 0 Å². The number of hydrogen-bond donors (Lipinski definition) is 1. The molecule has 0 atom stereocenters. The van der Waals surface area contributed by atoms with Crippen LogP contribution in [-0.2, 0) is 10.4 Å². The van der Waals surface area contributed by atoms with Crippen molar-refractivity contribution < 1.29 is 89.9 Å². The number of hydrogen-bond acceptors (Lipinski definition) is 2. The average Bonchev–Trinajstić information content (AvgIpc) is 1.35. The summed E-state index contributed by atoms with van der Waals surface area (Å²) >= 11 is 0. The van der Waals surface area contributed by atoms with Gasteiger partial charge in [0.1, 0.15) is 0 Å². The van der Waals surface area contributed by atoms with Gasteiger partial charge in [0.05, 0.1) is 0 Å². The Labute approximate surface area is 103 Å². The van der Waals surface area contributed by atoms with Gasteiger partial charge in [-0.3, -0.25) is 0 Å². The van der Waals surface area contributed by atoms with Crippen LogP contribution < -0.4 is 75.2 Å². The largest absolute Gasteiger partial charge is 1.00 e. The average molecular weight is 165 g/mol. The maximum atomic E-state index is 10.6. The molecule has 0 aliphatic carbocycles. The Kier molecular flexibility index (Phi) is 14.7. The maximum absolute atomic E-state index is 10.6. The van der Waals surface area contributed by atoms with E-state index in [9.17, 15) is 8.37 Å². The molecule has 0 aromatic carbocycles. The summed E-state index contributed by atoms with van der Waals surface area (Å²) in [6.07, 6.45) is 0. The Morgan fingerprint density at radius 2 is 1.62 bits per heavy atom. The number of rotatable bonds is 1. The minimum absolute atomic E-state index is 0. The van der Waals surface area contributed by atoms with Crippen molar-refractivity contribution in [3.8, 4) is 0 Å². The molecule has 0 aromatic heterocycles. The predicted octanol–water partition coefficient (Wildman–Crippen LogP) is -6.09. The Bertz CT molecular complexity index is 129. The van der Waals surface area contributed by atoms with Crippen LogP contribution >= 0.6 is 0 Å². The summed E-state index contributed by atoms with van der Waals surface area (Å²) in [5.41, 5.74) is 0. The molecule has 0 amide bonds. The van der Waals surface area contributed by atoms with Gasteiger partial charge in [-0.05, 0) is 4.94 Å². The van der Waals surface area contributed by atoms with Crippen LogP contribution in [0.5, 0.6) is 0 Å². The molecule has 8 heavy (non-hydrogen) atoms. The molecule has 1 N–H and O–H groups in total. The molecule has 0 heterocycles. The van der Waals surface area contributed by atoms with Gasteiger partial charge in [-0.1, -0.05) is 3.89 Å². The van der Waals surface area contributed by atoms with E-state index in [1.54, 1.807) is 0 Å². The molecule has 0 unspecified atom stereocenters. The molecular weight excluding hydrogens is 162 g/mol. The Morgan fingerprint density at radius 3 is 1.62 bits per heavy atom. The number of nitrogens with one attached hydrogen (secondary N) is 1. The predicted molar refractivity (Wildman–Crippen MR) is 16.5 cm³/mol. The molecule has 0 radical (unpaired) electrons. The van der Waals surface area contributed by atoms with E-state index in [1.165, 1.54) is 0 Å². The molecule has 0 saturated heterocycles. The van der Waals surface area contributed by atoms with Crippen LogP contribution in [0.1, 0.15) is 2.85 Å². The smallest absolute Gasteiger partial charge is 1.00 e. The summed E-state index contributed by atoms with van der Waals surface area (Å²) in [6.45, 7) is 0. The van der Waals surface area contributed by atoms with Crippen LogP contribution in [0.2, 0.25) is 0 Å². The van der Waals surface area contributed by atoms with Gasteiger partial charge in [0.15, 0.2) is 0 Å². The van der Waals surface area contributed by atoms with Crippen molar-refractivity contribution in [2.45, 2.75) is 0 Å². The van der Waals surface area contributed by atoms with Crippen molar-refractivity contribution in [2.75, 3.05) is 0 Å². The van der Waals surface area contributed by atoms with Crippen molar-refractivity contribution in [1.29, 1.82) is 0 Å². The fourth-order valence-electron chi connectivity index (χ4n) is 0. The fraction of sp³-hybridized carbons (Fsp3) is 0.